The molecule has 0 bridgehead atoms. The maximum Gasteiger partial charge on any atom is 0.414 e. The Balaban J connectivity index is 1.95. The highest BCUT2D eigenvalue weighted by Gasteiger charge is 2.15. The van der Waals surface area contributed by atoms with Gasteiger partial charge in [0.05, 0.1) is 12.2 Å². The van der Waals surface area contributed by atoms with Gasteiger partial charge in [-0.2, -0.15) is 0 Å². The number of nitrogens with zero attached hydrogens (tertiary/aromatic N) is 2. The Hall–Kier alpha value is -3.06. The summed E-state index contributed by atoms with van der Waals surface area (Å²) in [4.78, 5) is 26.0. The van der Waals surface area contributed by atoms with E-state index >= 15 is 0 Å². The van der Waals surface area contributed by atoms with Gasteiger partial charge in [-0.15, -0.1) is 0 Å². The quantitative estimate of drug-likeness (QED) is 0.748. The minimum absolute atomic E-state index is 0.122. The number of aromatic carboxylic acids is 1. The van der Waals surface area contributed by atoms with E-state index in [9.17, 15) is 9.59 Å². The van der Waals surface area contributed by atoms with Crippen LogP contribution in [-0.4, -0.2) is 61.8 Å². The number of carboxylic acids is 1. The summed E-state index contributed by atoms with van der Waals surface area (Å²) < 4.78 is 11.0. The number of carbonyl (C=O) groups is 2. The average molecular weight is 386 g/mol. The minimum atomic E-state index is -0.959. The first-order valence-corrected chi connectivity index (χ1v) is 8.89. The molecule has 28 heavy (non-hydrogen) atoms. The first-order chi connectivity index (χ1) is 13.3. The molecule has 0 aliphatic rings. The molecular weight excluding hydrogens is 360 g/mol. The van der Waals surface area contributed by atoms with Crippen LogP contribution in [0.4, 0.5) is 4.79 Å². The molecule has 0 aliphatic carbocycles. The lowest BCUT2D eigenvalue weighted by Crippen LogP contribution is -2.25. The van der Waals surface area contributed by atoms with Crippen LogP contribution in [-0.2, 0) is 0 Å². The summed E-state index contributed by atoms with van der Waals surface area (Å²) in [5, 5.41) is 8.93. The Morgan fingerprint density at radius 3 is 2.00 bits per heavy atom. The van der Waals surface area contributed by atoms with Gasteiger partial charge >= 0.3 is 12.1 Å². The Bertz CT molecular complexity index is 785. The van der Waals surface area contributed by atoms with Crippen LogP contribution in [0, 0.1) is 0 Å². The van der Waals surface area contributed by atoms with Gasteiger partial charge in [-0.1, -0.05) is 12.1 Å². The van der Waals surface area contributed by atoms with E-state index in [2.05, 4.69) is 4.90 Å². The second-order valence-corrected chi connectivity index (χ2v) is 6.78. The number of carboxylic acid groups (broad SMARTS) is 1. The fourth-order valence-corrected chi connectivity index (χ4v) is 2.66. The topological polar surface area (TPSA) is 79.3 Å². The van der Waals surface area contributed by atoms with Crippen molar-refractivity contribution in [2.45, 2.75) is 12.5 Å². The van der Waals surface area contributed by atoms with Crippen molar-refractivity contribution in [3.8, 4) is 11.5 Å². The lowest BCUT2D eigenvalue weighted by atomic mass is 10.0. The molecule has 0 saturated carbocycles. The molecule has 150 valence electrons. The molecule has 0 aromatic heterocycles. The molecule has 2 rings (SSSR count). The average Bonchev–Trinajstić information content (AvgIpc) is 2.66. The summed E-state index contributed by atoms with van der Waals surface area (Å²) >= 11 is 0. The lowest BCUT2D eigenvalue weighted by Gasteiger charge is -2.25. The number of ether oxygens (including phenoxy) is 2. The van der Waals surface area contributed by atoms with E-state index in [1.54, 1.807) is 38.4 Å². The first-order valence-electron chi connectivity index (χ1n) is 8.89. The monoisotopic (exact) mass is 386 g/mol. The van der Waals surface area contributed by atoms with E-state index in [4.69, 9.17) is 14.6 Å². The third-order valence-corrected chi connectivity index (χ3v) is 4.22. The summed E-state index contributed by atoms with van der Waals surface area (Å²) in [6.07, 6.45) is 0.323. The number of hydrogen-bond donors (Lipinski definition) is 1. The zero-order valence-corrected chi connectivity index (χ0v) is 16.6. The second kappa shape index (κ2) is 9.75. The van der Waals surface area contributed by atoms with Crippen molar-refractivity contribution in [3.05, 3.63) is 59.7 Å². The number of benzene rings is 2. The molecule has 0 spiro atoms. The van der Waals surface area contributed by atoms with Crippen molar-refractivity contribution < 1.29 is 24.2 Å². The molecule has 7 heteroatoms. The van der Waals surface area contributed by atoms with Gasteiger partial charge in [0.2, 0.25) is 0 Å². The van der Waals surface area contributed by atoms with Crippen LogP contribution in [0.2, 0.25) is 0 Å². The first kappa shape index (κ1) is 21.2. The van der Waals surface area contributed by atoms with Crippen molar-refractivity contribution in [3.63, 3.8) is 0 Å². The molecule has 1 atom stereocenters. The van der Waals surface area contributed by atoms with Crippen molar-refractivity contribution in [1.82, 2.24) is 9.80 Å². The normalized spacial score (nSPS) is 11.8. The fourth-order valence-electron chi connectivity index (χ4n) is 2.66. The van der Waals surface area contributed by atoms with Crippen LogP contribution < -0.4 is 9.47 Å². The second-order valence-electron chi connectivity index (χ2n) is 6.78. The van der Waals surface area contributed by atoms with Crippen LogP contribution in [0.1, 0.15) is 28.4 Å². The third-order valence-electron chi connectivity index (χ3n) is 4.22. The van der Waals surface area contributed by atoms with Crippen molar-refractivity contribution in [1.29, 1.82) is 0 Å². The lowest BCUT2D eigenvalue weighted by molar-refractivity contribution is 0.0696. The molecule has 1 unspecified atom stereocenters. The summed E-state index contributed by atoms with van der Waals surface area (Å²) in [5.74, 6) is 0.169. The molecule has 2 aromatic carbocycles. The smallest absolute Gasteiger partial charge is 0.414 e. The number of amides is 1. The van der Waals surface area contributed by atoms with Crippen molar-refractivity contribution in [2.24, 2.45) is 0 Å². The molecule has 1 amide bonds. The Labute approximate surface area is 165 Å². The van der Waals surface area contributed by atoms with E-state index in [-0.39, 0.29) is 11.6 Å². The van der Waals surface area contributed by atoms with Crippen LogP contribution in [0.5, 0.6) is 11.5 Å². The number of rotatable bonds is 8. The van der Waals surface area contributed by atoms with Gasteiger partial charge in [0.1, 0.15) is 11.5 Å². The van der Waals surface area contributed by atoms with Crippen LogP contribution in [0.3, 0.4) is 0 Å². The molecule has 2 aromatic rings. The van der Waals surface area contributed by atoms with Gasteiger partial charge in [-0.3, -0.25) is 0 Å². The number of hydrogen-bond acceptors (Lipinski definition) is 5. The summed E-state index contributed by atoms with van der Waals surface area (Å²) in [5.41, 5.74) is 1.31. The maximum absolute atomic E-state index is 11.6. The number of carbonyl (C=O) groups excluding carboxylic acids is 1. The SMILES string of the molecule is CN(C)C(=O)Oc1ccc(C(CCOc2ccc(C(=O)O)cc2)N(C)C)cc1. The molecule has 0 aliphatic heterocycles. The van der Waals surface area contributed by atoms with E-state index in [1.807, 2.05) is 26.2 Å². The Morgan fingerprint density at radius 2 is 1.50 bits per heavy atom. The predicted octanol–water partition coefficient (Wildman–Crippen LogP) is 3.52. The highest BCUT2D eigenvalue weighted by Crippen LogP contribution is 2.25. The Morgan fingerprint density at radius 1 is 0.929 bits per heavy atom. The van der Waals surface area contributed by atoms with E-state index < -0.39 is 12.1 Å². The van der Waals surface area contributed by atoms with E-state index in [0.717, 1.165) is 12.0 Å². The molecule has 0 radical (unpaired) electrons. The highest BCUT2D eigenvalue weighted by molar-refractivity contribution is 5.87. The Kier molecular flexibility index (Phi) is 7.40. The molecular formula is C21H26N2O5. The molecule has 0 heterocycles. The van der Waals surface area contributed by atoms with Gasteiger partial charge in [-0.05, 0) is 56.1 Å². The van der Waals surface area contributed by atoms with Crippen LogP contribution in [0.15, 0.2) is 48.5 Å². The minimum Gasteiger partial charge on any atom is -0.494 e. The van der Waals surface area contributed by atoms with E-state index in [1.165, 1.54) is 17.0 Å². The standard InChI is InChI=1S/C21H26N2O5/c1-22(2)19(13-14-27-17-9-7-16(8-10-17)20(24)25)15-5-11-18(12-6-15)28-21(26)23(3)4/h5-12,19H,13-14H2,1-4H3,(H,24,25). The molecule has 1 N–H and O–H groups in total. The van der Waals surface area contributed by atoms with Crippen molar-refractivity contribution in [2.75, 3.05) is 34.8 Å². The van der Waals surface area contributed by atoms with Gasteiger partial charge in [0, 0.05) is 26.6 Å². The zero-order chi connectivity index (χ0) is 20.7. The summed E-state index contributed by atoms with van der Waals surface area (Å²) in [6, 6.07) is 13.9. The molecule has 0 fully saturated rings. The molecule has 7 nitrogen and oxygen atoms in total. The molecule has 0 saturated heterocycles. The van der Waals surface area contributed by atoms with E-state index in [0.29, 0.717) is 18.1 Å². The van der Waals surface area contributed by atoms with Gasteiger partial charge in [0.25, 0.3) is 0 Å². The van der Waals surface area contributed by atoms with Crippen LogP contribution >= 0.6 is 0 Å². The summed E-state index contributed by atoms with van der Waals surface area (Å²) in [6.45, 7) is 0.479. The van der Waals surface area contributed by atoms with Crippen molar-refractivity contribution >= 4 is 12.1 Å². The largest absolute Gasteiger partial charge is 0.494 e. The predicted molar refractivity (Wildman–Crippen MR) is 106 cm³/mol. The maximum atomic E-state index is 11.6. The van der Waals surface area contributed by atoms with Crippen LogP contribution in [0.25, 0.3) is 0 Å². The fraction of sp³-hybridized carbons (Fsp3) is 0.333. The van der Waals surface area contributed by atoms with Gasteiger partial charge < -0.3 is 24.4 Å². The van der Waals surface area contributed by atoms with Gasteiger partial charge in [-0.25, -0.2) is 9.59 Å². The van der Waals surface area contributed by atoms with Gasteiger partial charge in [0.15, 0.2) is 0 Å². The zero-order valence-electron chi connectivity index (χ0n) is 16.6. The summed E-state index contributed by atoms with van der Waals surface area (Å²) in [7, 11) is 7.25. The highest BCUT2D eigenvalue weighted by atomic mass is 16.6. The third kappa shape index (κ3) is 5.99.